The zero-order chi connectivity index (χ0) is 23.0. The molecule has 1 aliphatic rings. The lowest BCUT2D eigenvalue weighted by molar-refractivity contribution is -0.277. The Morgan fingerprint density at radius 3 is 2.31 bits per heavy atom. The summed E-state index contributed by atoms with van der Waals surface area (Å²) in [7, 11) is 0. The SMILES string of the molecule is O=c1c(-c2ccc(O)cc2)coc2c(CO)c(O[C@H]3O[C@H](CO)[C@@H](O)[C@H](O)[C@H]3O)ccc12. The molecule has 10 heteroatoms. The smallest absolute Gasteiger partial charge is 0.229 e. The van der Waals surface area contributed by atoms with Crippen molar-refractivity contribution in [3.8, 4) is 22.6 Å². The molecule has 0 radical (unpaired) electrons. The number of hydrogen-bond donors (Lipinski definition) is 6. The van der Waals surface area contributed by atoms with Gasteiger partial charge in [0, 0.05) is 0 Å². The topological polar surface area (TPSA) is 170 Å². The van der Waals surface area contributed by atoms with Gasteiger partial charge in [0.15, 0.2) is 0 Å². The summed E-state index contributed by atoms with van der Waals surface area (Å²) < 4.78 is 16.6. The van der Waals surface area contributed by atoms with E-state index in [-0.39, 0.29) is 39.0 Å². The van der Waals surface area contributed by atoms with Crippen molar-refractivity contribution < 1.29 is 44.5 Å². The van der Waals surface area contributed by atoms with E-state index < -0.39 is 43.9 Å². The zero-order valence-electron chi connectivity index (χ0n) is 16.7. The van der Waals surface area contributed by atoms with Gasteiger partial charge in [-0.25, -0.2) is 0 Å². The second-order valence-corrected chi connectivity index (χ2v) is 7.42. The van der Waals surface area contributed by atoms with E-state index in [1.165, 1.54) is 30.5 Å². The summed E-state index contributed by atoms with van der Waals surface area (Å²) in [6.07, 6.45) is -6.21. The molecule has 0 bridgehead atoms. The molecule has 0 spiro atoms. The fraction of sp³-hybridized carbons (Fsp3) is 0.318. The number of fused-ring (bicyclic) bond motifs is 1. The van der Waals surface area contributed by atoms with E-state index >= 15 is 0 Å². The third kappa shape index (κ3) is 3.84. The Balaban J connectivity index is 1.72. The van der Waals surface area contributed by atoms with Crippen molar-refractivity contribution in [1.82, 2.24) is 0 Å². The van der Waals surface area contributed by atoms with E-state index in [1.54, 1.807) is 12.1 Å². The molecule has 1 saturated heterocycles. The van der Waals surface area contributed by atoms with Gasteiger partial charge in [0.1, 0.15) is 47.8 Å². The largest absolute Gasteiger partial charge is 0.508 e. The molecule has 0 unspecified atom stereocenters. The maximum atomic E-state index is 13.0. The average Bonchev–Trinajstić information content (AvgIpc) is 2.80. The number of benzene rings is 2. The van der Waals surface area contributed by atoms with Crippen LogP contribution >= 0.6 is 0 Å². The average molecular weight is 446 g/mol. The normalized spacial score (nSPS) is 25.7. The van der Waals surface area contributed by atoms with Crippen LogP contribution < -0.4 is 10.2 Å². The highest BCUT2D eigenvalue weighted by Gasteiger charge is 2.45. The minimum absolute atomic E-state index is 0.0184. The molecule has 170 valence electrons. The first kappa shape index (κ1) is 22.2. The summed E-state index contributed by atoms with van der Waals surface area (Å²) in [4.78, 5) is 13.0. The highest BCUT2D eigenvalue weighted by Crippen LogP contribution is 2.32. The highest BCUT2D eigenvalue weighted by molar-refractivity contribution is 5.85. The van der Waals surface area contributed by atoms with Gasteiger partial charge in [-0.15, -0.1) is 0 Å². The van der Waals surface area contributed by atoms with Gasteiger partial charge >= 0.3 is 0 Å². The van der Waals surface area contributed by atoms with Crippen LogP contribution in [-0.2, 0) is 11.3 Å². The number of phenols is 1. The van der Waals surface area contributed by atoms with Crippen molar-refractivity contribution in [3.63, 3.8) is 0 Å². The molecule has 32 heavy (non-hydrogen) atoms. The van der Waals surface area contributed by atoms with E-state index in [9.17, 15) is 35.4 Å². The number of aliphatic hydroxyl groups is 5. The lowest BCUT2D eigenvalue weighted by atomic mass is 9.99. The van der Waals surface area contributed by atoms with Crippen LogP contribution in [-0.4, -0.2) is 68.0 Å². The summed E-state index contributed by atoms with van der Waals surface area (Å²) in [5.74, 6) is 0.0707. The maximum Gasteiger partial charge on any atom is 0.229 e. The van der Waals surface area contributed by atoms with Gasteiger partial charge in [0.05, 0.1) is 29.7 Å². The summed E-state index contributed by atoms with van der Waals surface area (Å²) in [5, 5.41) is 58.9. The first-order valence-electron chi connectivity index (χ1n) is 9.80. The third-order valence-electron chi connectivity index (χ3n) is 5.43. The Bertz CT molecular complexity index is 1150. The van der Waals surface area contributed by atoms with Crippen molar-refractivity contribution in [2.45, 2.75) is 37.3 Å². The van der Waals surface area contributed by atoms with Crippen molar-refractivity contribution in [1.29, 1.82) is 0 Å². The maximum absolute atomic E-state index is 13.0. The molecule has 2 aromatic carbocycles. The molecule has 6 N–H and O–H groups in total. The van der Waals surface area contributed by atoms with Gasteiger partial charge in [-0.2, -0.15) is 0 Å². The van der Waals surface area contributed by atoms with E-state index in [2.05, 4.69) is 0 Å². The summed E-state index contributed by atoms with van der Waals surface area (Å²) in [6, 6.07) is 8.81. The van der Waals surface area contributed by atoms with Gasteiger partial charge in [0.2, 0.25) is 11.7 Å². The zero-order valence-corrected chi connectivity index (χ0v) is 16.7. The first-order chi connectivity index (χ1) is 15.3. The first-order valence-corrected chi connectivity index (χ1v) is 9.80. The van der Waals surface area contributed by atoms with E-state index in [0.29, 0.717) is 5.56 Å². The molecule has 0 aliphatic carbocycles. The molecule has 1 fully saturated rings. The van der Waals surface area contributed by atoms with Crippen LogP contribution in [0.25, 0.3) is 22.1 Å². The second-order valence-electron chi connectivity index (χ2n) is 7.42. The van der Waals surface area contributed by atoms with Crippen LogP contribution in [0.15, 0.2) is 51.9 Å². The Morgan fingerprint density at radius 2 is 1.66 bits per heavy atom. The molecular formula is C22H22O10. The monoisotopic (exact) mass is 446 g/mol. The second kappa shape index (κ2) is 8.87. The molecule has 1 aromatic heterocycles. The summed E-state index contributed by atoms with van der Waals surface area (Å²) >= 11 is 0. The standard InChI is InChI=1S/C22H22O10/c23-7-13-15(31-22-20(29)19(28)18(27)16(8-24)32-22)6-5-12-17(26)14(9-30-21(12)13)10-1-3-11(25)4-2-10/h1-6,9,16,18-20,22-25,27-29H,7-8H2/t16-,18-,19+,20-,22+/m1/s1. The number of phenolic OH excluding ortho intramolecular Hbond substituents is 1. The van der Waals surface area contributed by atoms with Crippen molar-refractivity contribution in [3.05, 3.63) is 58.4 Å². The van der Waals surface area contributed by atoms with Crippen LogP contribution in [0.5, 0.6) is 11.5 Å². The van der Waals surface area contributed by atoms with Crippen LogP contribution in [0, 0.1) is 0 Å². The third-order valence-corrected chi connectivity index (χ3v) is 5.43. The van der Waals surface area contributed by atoms with Crippen LogP contribution in [0.2, 0.25) is 0 Å². The van der Waals surface area contributed by atoms with Gasteiger partial charge in [-0.05, 0) is 29.8 Å². The number of hydrogen-bond acceptors (Lipinski definition) is 10. The van der Waals surface area contributed by atoms with Crippen LogP contribution in [0.4, 0.5) is 0 Å². The number of aliphatic hydroxyl groups excluding tert-OH is 5. The number of aromatic hydroxyl groups is 1. The highest BCUT2D eigenvalue weighted by atomic mass is 16.7. The fourth-order valence-corrected chi connectivity index (χ4v) is 3.63. The minimum Gasteiger partial charge on any atom is -0.508 e. The summed E-state index contributed by atoms with van der Waals surface area (Å²) in [6.45, 7) is -1.20. The molecular weight excluding hydrogens is 424 g/mol. The predicted octanol–water partition coefficient (Wildman–Crippen LogP) is -0.163. The van der Waals surface area contributed by atoms with E-state index in [1.807, 2.05) is 0 Å². The Morgan fingerprint density at radius 1 is 0.938 bits per heavy atom. The predicted molar refractivity (Wildman–Crippen MR) is 110 cm³/mol. The molecule has 0 amide bonds. The van der Waals surface area contributed by atoms with Gasteiger partial charge in [-0.1, -0.05) is 12.1 Å². The molecule has 5 atom stereocenters. The lowest BCUT2D eigenvalue weighted by Crippen LogP contribution is -2.60. The lowest BCUT2D eigenvalue weighted by Gasteiger charge is -2.39. The van der Waals surface area contributed by atoms with Gasteiger partial charge < -0.3 is 44.5 Å². The van der Waals surface area contributed by atoms with E-state index in [4.69, 9.17) is 13.9 Å². The number of ether oxygens (including phenoxy) is 2. The molecule has 4 rings (SSSR count). The number of rotatable bonds is 5. The summed E-state index contributed by atoms with van der Waals surface area (Å²) in [5.41, 5.74) is 0.580. The van der Waals surface area contributed by atoms with Gasteiger partial charge in [-0.3, -0.25) is 4.79 Å². The Kier molecular flexibility index (Phi) is 6.15. The quantitative estimate of drug-likeness (QED) is 0.309. The molecule has 3 aromatic rings. The van der Waals surface area contributed by atoms with Crippen molar-refractivity contribution >= 4 is 11.0 Å². The van der Waals surface area contributed by atoms with Crippen molar-refractivity contribution in [2.24, 2.45) is 0 Å². The van der Waals surface area contributed by atoms with Gasteiger partial charge in [0.25, 0.3) is 0 Å². The molecule has 0 saturated carbocycles. The molecule has 2 heterocycles. The van der Waals surface area contributed by atoms with E-state index in [0.717, 1.165) is 0 Å². The Hall–Kier alpha value is -2.99. The minimum atomic E-state index is -1.64. The van der Waals surface area contributed by atoms with Crippen LogP contribution in [0.3, 0.4) is 0 Å². The fourth-order valence-electron chi connectivity index (χ4n) is 3.63. The van der Waals surface area contributed by atoms with Crippen LogP contribution in [0.1, 0.15) is 5.56 Å². The molecule has 10 nitrogen and oxygen atoms in total. The van der Waals surface area contributed by atoms with Crippen molar-refractivity contribution in [2.75, 3.05) is 6.61 Å². The Labute approximate surface area is 181 Å². The molecule has 1 aliphatic heterocycles.